The Morgan fingerprint density at radius 3 is 2.43 bits per heavy atom. The third-order valence-corrected chi connectivity index (χ3v) is 4.41. The largest absolute Gasteiger partial charge is 0.394 e. The summed E-state index contributed by atoms with van der Waals surface area (Å²) >= 11 is 0. The van der Waals surface area contributed by atoms with Gasteiger partial charge in [-0.3, -0.25) is 0 Å². The zero-order chi connectivity index (χ0) is 15.5. The van der Waals surface area contributed by atoms with Gasteiger partial charge in [0.15, 0.2) is 0 Å². The van der Waals surface area contributed by atoms with E-state index in [0.29, 0.717) is 11.5 Å². The number of aliphatic hydroxyl groups is 1. The predicted octanol–water partition coefficient (Wildman–Crippen LogP) is 2.60. The lowest BCUT2D eigenvalue weighted by Crippen LogP contribution is -2.55. The van der Waals surface area contributed by atoms with Crippen LogP contribution in [0.2, 0.25) is 0 Å². The van der Waals surface area contributed by atoms with Gasteiger partial charge in [0.05, 0.1) is 12.1 Å². The summed E-state index contributed by atoms with van der Waals surface area (Å²) in [7, 11) is 0. The molecule has 1 atom stereocenters. The molecular weight excluding hydrogens is 260 g/mol. The van der Waals surface area contributed by atoms with Crippen LogP contribution >= 0.6 is 0 Å². The van der Waals surface area contributed by atoms with Crippen molar-refractivity contribution in [3.8, 4) is 0 Å². The fourth-order valence-corrected chi connectivity index (χ4v) is 3.46. The van der Waals surface area contributed by atoms with Gasteiger partial charge in [-0.25, -0.2) is 0 Å². The van der Waals surface area contributed by atoms with Crippen molar-refractivity contribution in [2.75, 3.05) is 26.2 Å². The van der Waals surface area contributed by atoms with Crippen LogP contribution in [0.15, 0.2) is 30.3 Å². The molecule has 0 radical (unpaired) electrons. The van der Waals surface area contributed by atoms with Crippen LogP contribution in [0.4, 0.5) is 0 Å². The van der Waals surface area contributed by atoms with E-state index in [1.165, 1.54) is 12.0 Å². The number of likely N-dealkylation sites (tertiary alicyclic amines) is 1. The van der Waals surface area contributed by atoms with Crippen molar-refractivity contribution in [3.63, 3.8) is 0 Å². The van der Waals surface area contributed by atoms with Crippen LogP contribution < -0.4 is 5.32 Å². The highest BCUT2D eigenvalue weighted by molar-refractivity contribution is 5.26. The van der Waals surface area contributed by atoms with Crippen molar-refractivity contribution in [2.45, 2.75) is 45.7 Å². The monoisotopic (exact) mass is 290 g/mol. The van der Waals surface area contributed by atoms with Crippen LogP contribution in [-0.2, 0) is 5.54 Å². The van der Waals surface area contributed by atoms with Gasteiger partial charge in [-0.05, 0) is 37.8 Å². The second-order valence-electron chi connectivity index (χ2n) is 7.53. The highest BCUT2D eigenvalue weighted by atomic mass is 16.3. The second kappa shape index (κ2) is 6.47. The summed E-state index contributed by atoms with van der Waals surface area (Å²) in [5.41, 5.74) is 1.18. The van der Waals surface area contributed by atoms with Gasteiger partial charge in [0.2, 0.25) is 0 Å². The first-order chi connectivity index (χ1) is 9.87. The average molecular weight is 290 g/mol. The van der Waals surface area contributed by atoms with Crippen LogP contribution in [0.5, 0.6) is 0 Å². The maximum absolute atomic E-state index is 10.2. The zero-order valence-electron chi connectivity index (χ0n) is 13.9. The summed E-state index contributed by atoms with van der Waals surface area (Å²) in [5, 5.41) is 13.8. The van der Waals surface area contributed by atoms with E-state index >= 15 is 0 Å². The van der Waals surface area contributed by atoms with Gasteiger partial charge >= 0.3 is 0 Å². The average Bonchev–Trinajstić information content (AvgIpc) is 2.77. The normalized spacial score (nSPS) is 21.6. The molecule has 1 saturated heterocycles. The van der Waals surface area contributed by atoms with Gasteiger partial charge in [0, 0.05) is 19.1 Å². The molecular formula is C18H30N2O. The van der Waals surface area contributed by atoms with Crippen molar-refractivity contribution < 1.29 is 5.11 Å². The Kier molecular flexibility index (Phi) is 5.07. The van der Waals surface area contributed by atoms with E-state index in [4.69, 9.17) is 0 Å². The van der Waals surface area contributed by atoms with Gasteiger partial charge in [-0.15, -0.1) is 0 Å². The van der Waals surface area contributed by atoms with Gasteiger partial charge in [-0.2, -0.15) is 0 Å². The molecule has 0 amide bonds. The first-order valence-electron chi connectivity index (χ1n) is 8.03. The minimum Gasteiger partial charge on any atom is -0.394 e. The molecule has 3 nitrogen and oxygen atoms in total. The molecule has 1 aliphatic rings. The number of aliphatic hydroxyl groups excluding tert-OH is 1. The Balaban J connectivity index is 2.23. The molecule has 0 bridgehead atoms. The van der Waals surface area contributed by atoms with E-state index in [1.54, 1.807) is 0 Å². The molecule has 1 fully saturated rings. The lowest BCUT2D eigenvalue weighted by atomic mass is 9.88. The highest BCUT2D eigenvalue weighted by Crippen LogP contribution is 2.32. The standard InChI is InChI=1S/C18H30N2O/c1-15(2)19-18(14-21,16-8-6-5-7-9-16)13-20-11-10-17(3,4)12-20/h5-9,15,19,21H,10-14H2,1-4H3. The zero-order valence-corrected chi connectivity index (χ0v) is 13.9. The molecule has 1 unspecified atom stereocenters. The molecule has 1 aliphatic heterocycles. The van der Waals surface area contributed by atoms with Crippen molar-refractivity contribution in [3.05, 3.63) is 35.9 Å². The summed E-state index contributed by atoms with van der Waals surface area (Å²) in [5.74, 6) is 0. The Morgan fingerprint density at radius 2 is 1.95 bits per heavy atom. The van der Waals surface area contributed by atoms with E-state index < -0.39 is 0 Å². The molecule has 0 aliphatic carbocycles. The second-order valence-corrected chi connectivity index (χ2v) is 7.53. The number of hydrogen-bond acceptors (Lipinski definition) is 3. The fourth-order valence-electron chi connectivity index (χ4n) is 3.46. The summed E-state index contributed by atoms with van der Waals surface area (Å²) in [6, 6.07) is 10.7. The lowest BCUT2D eigenvalue weighted by Gasteiger charge is -2.39. The number of hydrogen-bond donors (Lipinski definition) is 2. The molecule has 0 spiro atoms. The van der Waals surface area contributed by atoms with Gasteiger partial charge in [-0.1, -0.05) is 44.2 Å². The molecule has 1 heterocycles. The summed E-state index contributed by atoms with van der Waals surface area (Å²) in [6.45, 7) is 12.1. The van der Waals surface area contributed by atoms with Crippen LogP contribution in [0.25, 0.3) is 0 Å². The first kappa shape index (κ1) is 16.5. The molecule has 2 rings (SSSR count). The Bertz CT molecular complexity index is 444. The first-order valence-corrected chi connectivity index (χ1v) is 8.03. The van der Waals surface area contributed by atoms with Gasteiger partial charge in [0.25, 0.3) is 0 Å². The minimum absolute atomic E-state index is 0.117. The summed E-state index contributed by atoms with van der Waals surface area (Å²) in [4.78, 5) is 2.48. The molecule has 1 aromatic rings. The molecule has 0 saturated carbocycles. The fraction of sp³-hybridized carbons (Fsp3) is 0.667. The summed E-state index contributed by atoms with van der Waals surface area (Å²) < 4.78 is 0. The number of nitrogens with zero attached hydrogens (tertiary/aromatic N) is 1. The molecule has 3 heteroatoms. The predicted molar refractivity (Wildman–Crippen MR) is 88.3 cm³/mol. The van der Waals surface area contributed by atoms with Gasteiger partial charge < -0.3 is 15.3 Å². The van der Waals surface area contributed by atoms with Crippen molar-refractivity contribution in [2.24, 2.45) is 5.41 Å². The number of rotatable bonds is 6. The molecule has 21 heavy (non-hydrogen) atoms. The highest BCUT2D eigenvalue weighted by Gasteiger charge is 2.38. The topological polar surface area (TPSA) is 35.5 Å². The van der Waals surface area contributed by atoms with Crippen molar-refractivity contribution in [1.82, 2.24) is 10.2 Å². The number of benzene rings is 1. The van der Waals surface area contributed by atoms with E-state index in [9.17, 15) is 5.11 Å². The van der Waals surface area contributed by atoms with E-state index in [-0.39, 0.29) is 12.1 Å². The van der Waals surface area contributed by atoms with Crippen LogP contribution in [0.1, 0.15) is 39.7 Å². The smallest absolute Gasteiger partial charge is 0.0799 e. The molecule has 0 aromatic heterocycles. The van der Waals surface area contributed by atoms with Crippen LogP contribution in [-0.4, -0.2) is 42.3 Å². The Labute approximate surface area is 129 Å². The maximum Gasteiger partial charge on any atom is 0.0799 e. The Morgan fingerprint density at radius 1 is 1.29 bits per heavy atom. The summed E-state index contributed by atoms with van der Waals surface area (Å²) in [6.07, 6.45) is 1.23. The SMILES string of the molecule is CC(C)NC(CO)(CN1CCC(C)(C)C1)c1ccccc1. The van der Waals surface area contributed by atoms with Crippen molar-refractivity contribution >= 4 is 0 Å². The number of nitrogens with one attached hydrogen (secondary N) is 1. The quantitative estimate of drug-likeness (QED) is 0.845. The van der Waals surface area contributed by atoms with Crippen molar-refractivity contribution in [1.29, 1.82) is 0 Å². The minimum atomic E-state index is -0.379. The van der Waals surface area contributed by atoms with Crippen LogP contribution in [0.3, 0.4) is 0 Å². The third kappa shape index (κ3) is 4.06. The van der Waals surface area contributed by atoms with E-state index in [0.717, 1.165) is 19.6 Å². The van der Waals surface area contributed by atoms with Gasteiger partial charge in [0.1, 0.15) is 0 Å². The molecule has 118 valence electrons. The molecule has 1 aromatic carbocycles. The molecule has 2 N–H and O–H groups in total. The van der Waals surface area contributed by atoms with E-state index in [1.807, 2.05) is 6.07 Å². The lowest BCUT2D eigenvalue weighted by molar-refractivity contribution is 0.105. The van der Waals surface area contributed by atoms with Crippen LogP contribution in [0, 0.1) is 5.41 Å². The Hall–Kier alpha value is -0.900. The van der Waals surface area contributed by atoms with E-state index in [2.05, 4.69) is 62.2 Å². The third-order valence-electron chi connectivity index (χ3n) is 4.41. The maximum atomic E-state index is 10.2.